The van der Waals surface area contributed by atoms with Crippen LogP contribution >= 0.6 is 0 Å². The number of hydrogen-bond acceptors (Lipinski definition) is 1. The monoisotopic (exact) mass is 181 g/mol. The molecule has 0 heterocycles. The lowest BCUT2D eigenvalue weighted by Gasteiger charge is -2.27. The van der Waals surface area contributed by atoms with Crippen molar-refractivity contribution in [1.29, 1.82) is 0 Å². The van der Waals surface area contributed by atoms with Crippen LogP contribution in [0.3, 0.4) is 0 Å². The molecule has 13 heavy (non-hydrogen) atoms. The molecule has 0 radical (unpaired) electrons. The van der Waals surface area contributed by atoms with Crippen LogP contribution in [0.2, 0.25) is 0 Å². The van der Waals surface area contributed by atoms with E-state index in [1.165, 1.54) is 32.2 Å². The topological polar surface area (TPSA) is 12.0 Å². The zero-order chi connectivity index (χ0) is 9.68. The lowest BCUT2D eigenvalue weighted by molar-refractivity contribution is 0.272. The maximum atomic E-state index is 3.78. The third-order valence-electron chi connectivity index (χ3n) is 3.13. The minimum absolute atomic E-state index is 0.470. The summed E-state index contributed by atoms with van der Waals surface area (Å²) in [5, 5.41) is 3.50. The third-order valence-corrected chi connectivity index (χ3v) is 3.13. The zero-order valence-corrected chi connectivity index (χ0v) is 9.05. The second kappa shape index (κ2) is 5.43. The number of hydrogen-bond donors (Lipinski definition) is 1. The molecule has 0 aliphatic heterocycles. The summed E-state index contributed by atoms with van der Waals surface area (Å²) < 4.78 is 0. The van der Waals surface area contributed by atoms with Crippen LogP contribution in [0.4, 0.5) is 0 Å². The summed E-state index contributed by atoms with van der Waals surface area (Å²) >= 11 is 0. The quantitative estimate of drug-likeness (QED) is 0.657. The summed E-state index contributed by atoms with van der Waals surface area (Å²) in [6, 6.07) is 0.470. The van der Waals surface area contributed by atoms with Crippen LogP contribution in [0.25, 0.3) is 0 Å². The molecule has 3 unspecified atom stereocenters. The van der Waals surface area contributed by atoms with Crippen molar-refractivity contribution >= 4 is 0 Å². The van der Waals surface area contributed by atoms with Gasteiger partial charge in [-0.1, -0.05) is 25.8 Å². The highest BCUT2D eigenvalue weighted by atomic mass is 14.9. The molecule has 1 N–H and O–H groups in total. The van der Waals surface area contributed by atoms with E-state index in [0.29, 0.717) is 6.04 Å². The first-order valence-electron chi connectivity index (χ1n) is 5.58. The van der Waals surface area contributed by atoms with E-state index in [4.69, 9.17) is 0 Å². The molecule has 1 saturated carbocycles. The van der Waals surface area contributed by atoms with Gasteiger partial charge in [-0.05, 0) is 38.1 Å². The second-order valence-corrected chi connectivity index (χ2v) is 4.57. The van der Waals surface area contributed by atoms with Crippen molar-refractivity contribution in [3.05, 3.63) is 12.7 Å². The van der Waals surface area contributed by atoms with Crippen molar-refractivity contribution in [2.45, 2.75) is 45.6 Å². The number of rotatable bonds is 4. The maximum absolute atomic E-state index is 3.78. The van der Waals surface area contributed by atoms with Crippen LogP contribution in [0.1, 0.15) is 39.5 Å². The van der Waals surface area contributed by atoms with Crippen LogP contribution in [-0.2, 0) is 0 Å². The highest BCUT2D eigenvalue weighted by molar-refractivity contribution is 4.82. The van der Waals surface area contributed by atoms with Gasteiger partial charge in [0.1, 0.15) is 0 Å². The van der Waals surface area contributed by atoms with E-state index >= 15 is 0 Å². The fraction of sp³-hybridized carbons (Fsp3) is 0.833. The van der Waals surface area contributed by atoms with Gasteiger partial charge in [-0.15, -0.1) is 6.58 Å². The molecule has 0 aromatic heterocycles. The standard InChI is InChI=1S/C12H23N/c1-4-11(3)13-9-12-7-5-6-10(2)8-12/h4,10-13H,1,5-9H2,2-3H3. The molecule has 1 nitrogen and oxygen atoms in total. The maximum Gasteiger partial charge on any atom is 0.0219 e. The normalized spacial score (nSPS) is 31.2. The van der Waals surface area contributed by atoms with Crippen LogP contribution in [0.5, 0.6) is 0 Å². The Balaban J connectivity index is 2.16. The first kappa shape index (κ1) is 10.8. The summed E-state index contributed by atoms with van der Waals surface area (Å²) in [5.74, 6) is 1.85. The molecule has 1 fully saturated rings. The zero-order valence-electron chi connectivity index (χ0n) is 9.05. The molecule has 0 aromatic carbocycles. The van der Waals surface area contributed by atoms with Crippen molar-refractivity contribution in [3.63, 3.8) is 0 Å². The highest BCUT2D eigenvalue weighted by Crippen LogP contribution is 2.27. The van der Waals surface area contributed by atoms with E-state index in [0.717, 1.165) is 11.8 Å². The molecule has 0 bridgehead atoms. The minimum Gasteiger partial charge on any atom is -0.311 e. The molecule has 1 aliphatic carbocycles. The lowest BCUT2D eigenvalue weighted by atomic mass is 9.82. The summed E-state index contributed by atoms with van der Waals surface area (Å²) in [4.78, 5) is 0. The largest absolute Gasteiger partial charge is 0.311 e. The predicted molar refractivity (Wildman–Crippen MR) is 58.8 cm³/mol. The van der Waals surface area contributed by atoms with Gasteiger partial charge >= 0.3 is 0 Å². The Bertz CT molecular complexity index is 153. The molecule has 0 aromatic rings. The van der Waals surface area contributed by atoms with Crippen molar-refractivity contribution < 1.29 is 0 Å². The van der Waals surface area contributed by atoms with E-state index in [-0.39, 0.29) is 0 Å². The average Bonchev–Trinajstić information content (AvgIpc) is 2.14. The Hall–Kier alpha value is -0.300. The van der Waals surface area contributed by atoms with Crippen LogP contribution in [-0.4, -0.2) is 12.6 Å². The molecular weight excluding hydrogens is 158 g/mol. The van der Waals surface area contributed by atoms with Crippen molar-refractivity contribution in [3.8, 4) is 0 Å². The van der Waals surface area contributed by atoms with Gasteiger partial charge in [0, 0.05) is 6.04 Å². The fourth-order valence-electron chi connectivity index (χ4n) is 2.18. The lowest BCUT2D eigenvalue weighted by Crippen LogP contribution is -2.31. The van der Waals surface area contributed by atoms with Crippen molar-refractivity contribution in [2.75, 3.05) is 6.54 Å². The number of nitrogens with one attached hydrogen (secondary N) is 1. The fourth-order valence-corrected chi connectivity index (χ4v) is 2.18. The van der Waals surface area contributed by atoms with Crippen molar-refractivity contribution in [1.82, 2.24) is 5.32 Å². The highest BCUT2D eigenvalue weighted by Gasteiger charge is 2.18. The molecule has 1 heteroatoms. The van der Waals surface area contributed by atoms with Crippen LogP contribution in [0.15, 0.2) is 12.7 Å². The first-order valence-corrected chi connectivity index (χ1v) is 5.58. The Morgan fingerprint density at radius 1 is 1.54 bits per heavy atom. The van der Waals surface area contributed by atoms with Crippen molar-refractivity contribution in [2.24, 2.45) is 11.8 Å². The van der Waals surface area contributed by atoms with Gasteiger partial charge in [0.15, 0.2) is 0 Å². The summed E-state index contributed by atoms with van der Waals surface area (Å²) in [6.45, 7) is 9.50. The summed E-state index contributed by atoms with van der Waals surface area (Å²) in [7, 11) is 0. The molecule has 0 amide bonds. The Labute approximate surface area is 82.6 Å². The van der Waals surface area contributed by atoms with Gasteiger partial charge < -0.3 is 5.32 Å². The second-order valence-electron chi connectivity index (χ2n) is 4.57. The summed E-state index contributed by atoms with van der Waals surface area (Å²) in [5.41, 5.74) is 0. The van der Waals surface area contributed by atoms with Gasteiger partial charge in [-0.2, -0.15) is 0 Å². The summed E-state index contributed by atoms with van der Waals surface area (Å²) in [6.07, 6.45) is 7.67. The Morgan fingerprint density at radius 2 is 2.31 bits per heavy atom. The van der Waals surface area contributed by atoms with Crippen LogP contribution in [0, 0.1) is 11.8 Å². The smallest absolute Gasteiger partial charge is 0.0219 e. The average molecular weight is 181 g/mol. The SMILES string of the molecule is C=CC(C)NCC1CCCC(C)C1. The van der Waals surface area contributed by atoms with Gasteiger partial charge in [0.2, 0.25) is 0 Å². The minimum atomic E-state index is 0.470. The van der Waals surface area contributed by atoms with Gasteiger partial charge in [0.05, 0.1) is 0 Å². The van der Waals surface area contributed by atoms with E-state index in [2.05, 4.69) is 25.7 Å². The third kappa shape index (κ3) is 3.95. The molecule has 1 aliphatic rings. The molecule has 0 saturated heterocycles. The molecule has 0 spiro atoms. The molecular formula is C12H23N. The van der Waals surface area contributed by atoms with E-state index < -0.39 is 0 Å². The van der Waals surface area contributed by atoms with E-state index in [1.807, 2.05) is 6.08 Å². The molecule has 1 rings (SSSR count). The van der Waals surface area contributed by atoms with Gasteiger partial charge in [-0.3, -0.25) is 0 Å². The van der Waals surface area contributed by atoms with Gasteiger partial charge in [0.25, 0.3) is 0 Å². The Kier molecular flexibility index (Phi) is 4.51. The van der Waals surface area contributed by atoms with Crippen LogP contribution < -0.4 is 5.32 Å². The first-order chi connectivity index (χ1) is 6.22. The molecule has 76 valence electrons. The Morgan fingerprint density at radius 3 is 2.92 bits per heavy atom. The van der Waals surface area contributed by atoms with E-state index in [1.54, 1.807) is 0 Å². The van der Waals surface area contributed by atoms with Gasteiger partial charge in [-0.25, -0.2) is 0 Å². The molecule has 3 atom stereocenters. The van der Waals surface area contributed by atoms with E-state index in [9.17, 15) is 0 Å². The predicted octanol–water partition coefficient (Wildman–Crippen LogP) is 2.98.